The van der Waals surface area contributed by atoms with Crippen LogP contribution in [0, 0.1) is 3.57 Å². The third kappa shape index (κ3) is 4.62. The molecule has 0 radical (unpaired) electrons. The van der Waals surface area contributed by atoms with Crippen LogP contribution in [-0.2, 0) is 0 Å². The topological polar surface area (TPSA) is 12.9 Å². The molecule has 0 atom stereocenters. The van der Waals surface area contributed by atoms with Crippen LogP contribution in [0.5, 0.6) is 0 Å². The molecule has 0 aliphatic rings. The van der Waals surface area contributed by atoms with Gasteiger partial charge >= 0.3 is 0 Å². The molecular formula is C33H22IN. The van der Waals surface area contributed by atoms with E-state index in [1.165, 1.54) is 42.5 Å². The Bertz CT molecular complexity index is 1600. The molecule has 0 saturated heterocycles. The molecule has 0 saturated carbocycles. The highest BCUT2D eigenvalue weighted by atomic mass is 127. The van der Waals surface area contributed by atoms with E-state index in [-0.39, 0.29) is 0 Å². The third-order valence-electron chi connectivity index (χ3n) is 6.41. The molecule has 0 spiro atoms. The van der Waals surface area contributed by atoms with Crippen LogP contribution >= 0.6 is 22.6 Å². The zero-order valence-electron chi connectivity index (χ0n) is 19.0. The minimum atomic E-state index is 1.01. The fourth-order valence-corrected chi connectivity index (χ4v) is 4.80. The highest BCUT2D eigenvalue weighted by molar-refractivity contribution is 14.1. The summed E-state index contributed by atoms with van der Waals surface area (Å²) in [6, 6.07) is 45.3. The molecule has 166 valence electrons. The Hall–Kier alpha value is -3.76. The number of benzene rings is 5. The lowest BCUT2D eigenvalue weighted by atomic mass is 9.98. The van der Waals surface area contributed by atoms with Gasteiger partial charge < -0.3 is 0 Å². The molecule has 0 fully saturated rings. The maximum absolute atomic E-state index is 4.80. The van der Waals surface area contributed by atoms with Gasteiger partial charge in [-0.2, -0.15) is 0 Å². The summed E-state index contributed by atoms with van der Waals surface area (Å²) in [6.45, 7) is 0. The van der Waals surface area contributed by atoms with Gasteiger partial charge in [-0.1, -0.05) is 103 Å². The van der Waals surface area contributed by atoms with Gasteiger partial charge in [0.1, 0.15) is 0 Å². The van der Waals surface area contributed by atoms with Crippen LogP contribution in [0.2, 0.25) is 0 Å². The summed E-state index contributed by atoms with van der Waals surface area (Å²) in [4.78, 5) is 4.80. The number of aromatic nitrogens is 1. The van der Waals surface area contributed by atoms with Crippen LogP contribution in [0.15, 0.2) is 134 Å². The number of rotatable bonds is 4. The number of hydrogen-bond acceptors (Lipinski definition) is 1. The normalized spacial score (nSPS) is 11.0. The van der Waals surface area contributed by atoms with E-state index in [0.29, 0.717) is 0 Å². The maximum Gasteiger partial charge on any atom is 0.0708 e. The Morgan fingerprint density at radius 2 is 0.857 bits per heavy atom. The molecule has 1 aromatic heterocycles. The zero-order valence-corrected chi connectivity index (χ0v) is 21.2. The van der Waals surface area contributed by atoms with Crippen LogP contribution in [0.25, 0.3) is 55.4 Å². The average molecular weight is 559 g/mol. The largest absolute Gasteiger partial charge is 0.256 e. The smallest absolute Gasteiger partial charge is 0.0708 e. The van der Waals surface area contributed by atoms with Crippen molar-refractivity contribution < 1.29 is 0 Å². The second-order valence-corrected chi connectivity index (χ2v) is 9.90. The van der Waals surface area contributed by atoms with Gasteiger partial charge in [0.25, 0.3) is 0 Å². The Morgan fingerprint density at radius 1 is 0.400 bits per heavy atom. The van der Waals surface area contributed by atoms with E-state index >= 15 is 0 Å². The van der Waals surface area contributed by atoms with Gasteiger partial charge in [-0.25, -0.2) is 0 Å². The van der Waals surface area contributed by atoms with Crippen LogP contribution in [0.1, 0.15) is 0 Å². The van der Waals surface area contributed by atoms with Crippen molar-refractivity contribution in [2.45, 2.75) is 0 Å². The van der Waals surface area contributed by atoms with Crippen molar-refractivity contribution in [3.63, 3.8) is 0 Å². The quantitative estimate of drug-likeness (QED) is 0.196. The maximum atomic E-state index is 4.80. The van der Waals surface area contributed by atoms with Gasteiger partial charge in [-0.05, 0) is 85.8 Å². The van der Waals surface area contributed by atoms with E-state index in [0.717, 1.165) is 16.5 Å². The van der Waals surface area contributed by atoms with Gasteiger partial charge in [-0.15, -0.1) is 0 Å². The van der Waals surface area contributed by atoms with Gasteiger partial charge in [0.15, 0.2) is 0 Å². The molecule has 6 rings (SSSR count). The number of halogens is 1. The van der Waals surface area contributed by atoms with Crippen molar-refractivity contribution in [3.05, 3.63) is 137 Å². The van der Waals surface area contributed by atoms with Gasteiger partial charge in [-0.3, -0.25) is 4.98 Å². The monoisotopic (exact) mass is 559 g/mol. The van der Waals surface area contributed by atoms with Crippen molar-refractivity contribution in [2.24, 2.45) is 0 Å². The summed E-state index contributed by atoms with van der Waals surface area (Å²) < 4.78 is 1.25. The number of hydrogen-bond donors (Lipinski definition) is 0. The third-order valence-corrected chi connectivity index (χ3v) is 7.12. The van der Waals surface area contributed by atoms with Crippen LogP contribution in [0.3, 0.4) is 0 Å². The first-order chi connectivity index (χ1) is 17.2. The molecule has 0 unspecified atom stereocenters. The Balaban J connectivity index is 1.26. The number of pyridine rings is 1. The van der Waals surface area contributed by atoms with Gasteiger partial charge in [0, 0.05) is 20.7 Å². The zero-order chi connectivity index (χ0) is 23.6. The first-order valence-corrected chi connectivity index (χ1v) is 12.7. The lowest BCUT2D eigenvalue weighted by Gasteiger charge is -2.08. The van der Waals surface area contributed by atoms with Crippen molar-refractivity contribution in [1.82, 2.24) is 4.98 Å². The Morgan fingerprint density at radius 3 is 1.46 bits per heavy atom. The Kier molecular flexibility index (Phi) is 5.89. The summed E-state index contributed by atoms with van der Waals surface area (Å²) in [5.74, 6) is 0. The molecule has 35 heavy (non-hydrogen) atoms. The molecule has 1 nitrogen and oxygen atoms in total. The molecule has 2 heteroatoms. The van der Waals surface area contributed by atoms with Crippen molar-refractivity contribution in [2.75, 3.05) is 0 Å². The minimum absolute atomic E-state index is 1.01. The molecule has 0 bridgehead atoms. The highest BCUT2D eigenvalue weighted by Gasteiger charge is 2.06. The fraction of sp³-hybridized carbons (Fsp3) is 0. The lowest BCUT2D eigenvalue weighted by Crippen LogP contribution is -1.86. The summed E-state index contributed by atoms with van der Waals surface area (Å²) in [5, 5.41) is 1.15. The highest BCUT2D eigenvalue weighted by Crippen LogP contribution is 2.30. The van der Waals surface area contributed by atoms with E-state index in [9.17, 15) is 0 Å². The SMILES string of the molecule is Ic1ccc(-c2ccc(-c3cnc4cc(-c5ccc(-c6ccccc6)cc5)ccc4c3)cc2)cc1. The molecule has 0 aliphatic carbocycles. The van der Waals surface area contributed by atoms with E-state index in [2.05, 4.69) is 144 Å². The number of nitrogens with zero attached hydrogens (tertiary/aromatic N) is 1. The van der Waals surface area contributed by atoms with Crippen molar-refractivity contribution >= 4 is 33.5 Å². The van der Waals surface area contributed by atoms with Crippen LogP contribution in [0.4, 0.5) is 0 Å². The first-order valence-electron chi connectivity index (χ1n) is 11.6. The summed E-state index contributed by atoms with van der Waals surface area (Å²) >= 11 is 2.34. The van der Waals surface area contributed by atoms with E-state index in [4.69, 9.17) is 4.98 Å². The minimum Gasteiger partial charge on any atom is -0.256 e. The first kappa shape index (κ1) is 21.8. The molecule has 0 aliphatic heterocycles. The fourth-order valence-electron chi connectivity index (χ4n) is 4.44. The van der Waals surface area contributed by atoms with Crippen LogP contribution < -0.4 is 0 Å². The molecule has 0 N–H and O–H groups in total. The Labute approximate surface area is 219 Å². The molecule has 5 aromatic carbocycles. The molecule has 1 heterocycles. The standard InChI is InChI=1S/C33H22IN/c34-32-18-16-26(17-19-32)25-8-12-28(13-9-25)31-20-30-15-14-29(21-33(30)35-22-31)27-10-6-24(7-11-27)23-4-2-1-3-5-23/h1-22H. The summed E-state index contributed by atoms with van der Waals surface area (Å²) in [5.41, 5.74) is 10.6. The summed E-state index contributed by atoms with van der Waals surface area (Å²) in [6.07, 6.45) is 1.98. The van der Waals surface area contributed by atoms with Gasteiger partial charge in [0.2, 0.25) is 0 Å². The van der Waals surface area contributed by atoms with Crippen molar-refractivity contribution in [3.8, 4) is 44.5 Å². The molecule has 6 aromatic rings. The lowest BCUT2D eigenvalue weighted by molar-refractivity contribution is 1.41. The average Bonchev–Trinajstić information content (AvgIpc) is 2.94. The van der Waals surface area contributed by atoms with E-state index in [1.807, 2.05) is 12.3 Å². The molecule has 0 amide bonds. The molecular weight excluding hydrogens is 537 g/mol. The van der Waals surface area contributed by atoms with Crippen LogP contribution in [-0.4, -0.2) is 4.98 Å². The predicted octanol–water partition coefficient (Wildman–Crippen LogP) is 9.51. The predicted molar refractivity (Wildman–Crippen MR) is 156 cm³/mol. The van der Waals surface area contributed by atoms with E-state index in [1.54, 1.807) is 0 Å². The second-order valence-electron chi connectivity index (χ2n) is 8.66. The summed E-state index contributed by atoms with van der Waals surface area (Å²) in [7, 11) is 0. The van der Waals surface area contributed by atoms with Crippen molar-refractivity contribution in [1.29, 1.82) is 0 Å². The van der Waals surface area contributed by atoms with E-state index < -0.39 is 0 Å². The number of fused-ring (bicyclic) bond motifs is 1. The van der Waals surface area contributed by atoms with Gasteiger partial charge in [0.05, 0.1) is 5.52 Å². The second kappa shape index (κ2) is 9.47.